The minimum absolute atomic E-state index is 0.0272. The highest BCUT2D eigenvalue weighted by atomic mass is 35.5. The molecule has 0 fully saturated rings. The van der Waals surface area contributed by atoms with Gasteiger partial charge in [0.25, 0.3) is 0 Å². The maximum absolute atomic E-state index is 6.38. The molecule has 0 aliphatic carbocycles. The maximum atomic E-state index is 6.38. The van der Waals surface area contributed by atoms with Crippen LogP contribution in [0.1, 0.15) is 24.6 Å². The smallest absolute Gasteiger partial charge is 0.155 e. The Morgan fingerprint density at radius 1 is 1.33 bits per heavy atom. The highest BCUT2D eigenvalue weighted by molar-refractivity contribution is 6.35. The molecule has 7 heteroatoms. The minimum atomic E-state index is -0.0272. The van der Waals surface area contributed by atoms with Crippen molar-refractivity contribution in [3.8, 4) is 0 Å². The topological polar surface area (TPSA) is 48.5 Å². The second kappa shape index (κ2) is 5.66. The Morgan fingerprint density at radius 3 is 2.81 bits per heavy atom. The van der Waals surface area contributed by atoms with Crippen molar-refractivity contribution in [3.63, 3.8) is 0 Å². The van der Waals surface area contributed by atoms with Gasteiger partial charge in [-0.3, -0.25) is 0 Å². The van der Waals surface area contributed by atoms with E-state index in [-0.39, 0.29) is 6.04 Å². The number of rotatable bonds is 4. The molecular formula is C14H15Cl2N5. The zero-order chi connectivity index (χ0) is 15.0. The lowest BCUT2D eigenvalue weighted by atomic mass is 10.2. The molecule has 0 radical (unpaired) electrons. The van der Waals surface area contributed by atoms with Gasteiger partial charge in [0, 0.05) is 19.3 Å². The molecule has 2 aromatic heterocycles. The van der Waals surface area contributed by atoms with Crippen LogP contribution in [0.2, 0.25) is 5.02 Å². The van der Waals surface area contributed by atoms with E-state index >= 15 is 0 Å². The van der Waals surface area contributed by atoms with Gasteiger partial charge in [-0.15, -0.1) is 21.8 Å². The van der Waals surface area contributed by atoms with Gasteiger partial charge in [-0.1, -0.05) is 17.7 Å². The number of imidazole rings is 1. The van der Waals surface area contributed by atoms with Gasteiger partial charge in [0.05, 0.1) is 22.1 Å². The van der Waals surface area contributed by atoms with E-state index in [2.05, 4.69) is 26.7 Å². The number of aromatic nitrogens is 5. The van der Waals surface area contributed by atoms with Crippen LogP contribution in [0.3, 0.4) is 0 Å². The summed E-state index contributed by atoms with van der Waals surface area (Å²) in [6.45, 7) is 2.06. The lowest BCUT2D eigenvalue weighted by Crippen LogP contribution is -2.15. The Morgan fingerprint density at radius 2 is 2.14 bits per heavy atom. The number of aryl methyl sites for hydroxylation is 2. The van der Waals surface area contributed by atoms with E-state index in [4.69, 9.17) is 23.2 Å². The maximum Gasteiger partial charge on any atom is 0.155 e. The molecule has 0 amide bonds. The summed E-state index contributed by atoms with van der Waals surface area (Å²) in [5.41, 5.74) is 1.78. The van der Waals surface area contributed by atoms with Crippen LogP contribution in [-0.2, 0) is 13.5 Å². The van der Waals surface area contributed by atoms with Crippen molar-refractivity contribution in [1.29, 1.82) is 0 Å². The fourth-order valence-electron chi connectivity index (χ4n) is 2.62. The summed E-state index contributed by atoms with van der Waals surface area (Å²) < 4.78 is 4.00. The molecule has 1 atom stereocenters. The van der Waals surface area contributed by atoms with E-state index in [9.17, 15) is 0 Å². The lowest BCUT2D eigenvalue weighted by Gasteiger charge is -2.17. The minimum Gasteiger partial charge on any atom is -0.319 e. The van der Waals surface area contributed by atoms with Gasteiger partial charge >= 0.3 is 0 Å². The van der Waals surface area contributed by atoms with E-state index in [1.807, 2.05) is 29.8 Å². The summed E-state index contributed by atoms with van der Waals surface area (Å²) in [7, 11) is 1.92. The molecule has 0 spiro atoms. The number of para-hydroxylation sites is 1. The van der Waals surface area contributed by atoms with E-state index in [0.717, 1.165) is 22.7 Å². The van der Waals surface area contributed by atoms with Crippen molar-refractivity contribution in [1.82, 2.24) is 24.3 Å². The van der Waals surface area contributed by atoms with Gasteiger partial charge in [-0.25, -0.2) is 4.98 Å². The summed E-state index contributed by atoms with van der Waals surface area (Å²) >= 11 is 12.3. The van der Waals surface area contributed by atoms with Crippen LogP contribution in [0.5, 0.6) is 0 Å². The largest absolute Gasteiger partial charge is 0.319 e. The molecule has 0 N–H and O–H groups in total. The van der Waals surface area contributed by atoms with Crippen molar-refractivity contribution in [3.05, 3.63) is 41.2 Å². The third kappa shape index (κ3) is 2.40. The van der Waals surface area contributed by atoms with Gasteiger partial charge < -0.3 is 9.13 Å². The number of benzene rings is 1. The van der Waals surface area contributed by atoms with Crippen LogP contribution in [0.4, 0.5) is 0 Å². The molecule has 1 aromatic carbocycles. The zero-order valence-electron chi connectivity index (χ0n) is 11.8. The summed E-state index contributed by atoms with van der Waals surface area (Å²) in [5, 5.41) is 8.82. The third-order valence-electron chi connectivity index (χ3n) is 3.56. The van der Waals surface area contributed by atoms with Crippen LogP contribution < -0.4 is 0 Å². The molecule has 21 heavy (non-hydrogen) atoms. The van der Waals surface area contributed by atoms with Crippen LogP contribution >= 0.6 is 23.2 Å². The third-order valence-corrected chi connectivity index (χ3v) is 4.05. The van der Waals surface area contributed by atoms with Gasteiger partial charge in [-0.2, -0.15) is 0 Å². The fraction of sp³-hybridized carbons (Fsp3) is 0.357. The Bertz CT molecular complexity index is 777. The average molecular weight is 324 g/mol. The molecule has 1 unspecified atom stereocenters. The number of hydrogen-bond donors (Lipinski definition) is 0. The average Bonchev–Trinajstić information content (AvgIpc) is 3.03. The molecule has 0 saturated heterocycles. The van der Waals surface area contributed by atoms with Crippen LogP contribution in [0, 0.1) is 0 Å². The van der Waals surface area contributed by atoms with Crippen molar-refractivity contribution >= 4 is 34.2 Å². The standard InChI is InChI=1S/C14H15Cl2N5/c1-9(14-19-17-8-20(14)2)21-12(6-7-15)18-11-5-3-4-10(16)13(11)21/h3-5,8-9H,6-7H2,1-2H3. The SMILES string of the molecule is CC(c1nncn1C)n1c(CCCl)nc2cccc(Cl)c21. The fourth-order valence-corrected chi connectivity index (χ4v) is 3.05. The first-order chi connectivity index (χ1) is 10.1. The van der Waals surface area contributed by atoms with Crippen molar-refractivity contribution < 1.29 is 0 Å². The first kappa shape index (κ1) is 14.4. The molecule has 5 nitrogen and oxygen atoms in total. The van der Waals surface area contributed by atoms with Crippen molar-refractivity contribution in [2.45, 2.75) is 19.4 Å². The first-order valence-electron chi connectivity index (χ1n) is 6.68. The van der Waals surface area contributed by atoms with Gasteiger partial charge in [-0.05, 0) is 19.1 Å². The molecule has 3 rings (SSSR count). The number of alkyl halides is 1. The Hall–Kier alpha value is -1.59. The summed E-state index contributed by atoms with van der Waals surface area (Å²) in [5.74, 6) is 2.26. The molecule has 3 aromatic rings. The van der Waals surface area contributed by atoms with Crippen molar-refractivity contribution in [2.75, 3.05) is 5.88 Å². The normalized spacial score (nSPS) is 13.0. The van der Waals surface area contributed by atoms with E-state index in [0.29, 0.717) is 17.3 Å². The number of nitrogens with zero attached hydrogens (tertiary/aromatic N) is 5. The summed E-state index contributed by atoms with van der Waals surface area (Å²) in [6, 6.07) is 5.70. The second-order valence-electron chi connectivity index (χ2n) is 4.92. The zero-order valence-corrected chi connectivity index (χ0v) is 13.3. The first-order valence-corrected chi connectivity index (χ1v) is 7.60. The molecule has 2 heterocycles. The quantitative estimate of drug-likeness (QED) is 0.693. The Labute approximate surface area is 132 Å². The molecule has 0 aliphatic rings. The molecular weight excluding hydrogens is 309 g/mol. The number of fused-ring (bicyclic) bond motifs is 1. The highest BCUT2D eigenvalue weighted by Crippen LogP contribution is 2.30. The van der Waals surface area contributed by atoms with Crippen LogP contribution in [0.15, 0.2) is 24.5 Å². The monoisotopic (exact) mass is 323 g/mol. The predicted octanol–water partition coefficient (Wildman–Crippen LogP) is 3.21. The Balaban J connectivity index is 2.24. The van der Waals surface area contributed by atoms with Gasteiger partial charge in [0.1, 0.15) is 12.2 Å². The van der Waals surface area contributed by atoms with Gasteiger partial charge in [0.2, 0.25) is 0 Å². The molecule has 0 aliphatic heterocycles. The van der Waals surface area contributed by atoms with E-state index in [1.54, 1.807) is 6.33 Å². The number of hydrogen-bond acceptors (Lipinski definition) is 3. The summed E-state index contributed by atoms with van der Waals surface area (Å²) in [4.78, 5) is 4.66. The second-order valence-corrected chi connectivity index (χ2v) is 5.71. The molecule has 0 saturated carbocycles. The van der Waals surface area contributed by atoms with Crippen molar-refractivity contribution in [2.24, 2.45) is 7.05 Å². The Kier molecular flexibility index (Phi) is 3.87. The lowest BCUT2D eigenvalue weighted by molar-refractivity contribution is 0.566. The predicted molar refractivity (Wildman–Crippen MR) is 84.0 cm³/mol. The van der Waals surface area contributed by atoms with E-state index < -0.39 is 0 Å². The molecule has 0 bridgehead atoms. The summed E-state index contributed by atoms with van der Waals surface area (Å²) in [6.07, 6.45) is 2.36. The number of halogens is 2. The van der Waals surface area contributed by atoms with Crippen LogP contribution in [-0.4, -0.2) is 30.2 Å². The van der Waals surface area contributed by atoms with Crippen LogP contribution in [0.25, 0.3) is 11.0 Å². The highest BCUT2D eigenvalue weighted by Gasteiger charge is 2.21. The molecule has 110 valence electrons. The van der Waals surface area contributed by atoms with E-state index in [1.165, 1.54) is 0 Å². The van der Waals surface area contributed by atoms with Gasteiger partial charge in [0.15, 0.2) is 5.82 Å².